The highest BCUT2D eigenvalue weighted by atomic mass is 35.5. The van der Waals surface area contributed by atoms with Gasteiger partial charge in [0.2, 0.25) is 5.75 Å². The van der Waals surface area contributed by atoms with Gasteiger partial charge in [0.1, 0.15) is 6.10 Å². The average molecular weight is 473 g/mol. The average Bonchev–Trinajstić information content (AvgIpc) is 3.17. The molecule has 5 rings (SSSR count). The van der Waals surface area contributed by atoms with Crippen LogP contribution in [-0.2, 0) is 0 Å². The third-order valence-corrected chi connectivity index (χ3v) is 7.32. The Hall–Kier alpha value is -2.25. The van der Waals surface area contributed by atoms with Gasteiger partial charge in [0.05, 0.1) is 16.7 Å². The van der Waals surface area contributed by atoms with Gasteiger partial charge in [-0.3, -0.25) is 4.90 Å². The lowest BCUT2D eigenvalue weighted by Crippen LogP contribution is -2.57. The van der Waals surface area contributed by atoms with E-state index in [0.717, 1.165) is 54.7 Å². The predicted molar refractivity (Wildman–Crippen MR) is 129 cm³/mol. The number of fused-ring (bicyclic) bond motifs is 1. The summed E-state index contributed by atoms with van der Waals surface area (Å²) in [5.74, 6) is 0.680. The van der Waals surface area contributed by atoms with Crippen molar-refractivity contribution in [2.45, 2.75) is 32.4 Å². The van der Waals surface area contributed by atoms with E-state index in [0.29, 0.717) is 27.4 Å². The Morgan fingerprint density at radius 2 is 2.12 bits per heavy atom. The first-order valence-electron chi connectivity index (χ1n) is 10.8. The Morgan fingerprint density at radius 3 is 2.81 bits per heavy atom. The van der Waals surface area contributed by atoms with E-state index in [-0.39, 0.29) is 5.82 Å². The maximum Gasteiger partial charge on any atom is 0.205 e. The number of benzene rings is 1. The van der Waals surface area contributed by atoms with Gasteiger partial charge in [-0.2, -0.15) is 0 Å². The number of nitrogen functional groups attached to an aromatic ring is 1. The van der Waals surface area contributed by atoms with Crippen molar-refractivity contribution in [2.75, 3.05) is 31.9 Å². The molecule has 2 aliphatic heterocycles. The van der Waals surface area contributed by atoms with E-state index >= 15 is 0 Å². The molecule has 3 N–H and O–H groups in total. The summed E-state index contributed by atoms with van der Waals surface area (Å²) >= 11 is 12.9. The number of ether oxygens (including phenoxy) is 1. The zero-order valence-corrected chi connectivity index (χ0v) is 19.6. The maximum absolute atomic E-state index is 6.52. The van der Waals surface area contributed by atoms with Gasteiger partial charge in [-0.25, -0.2) is 4.98 Å². The van der Waals surface area contributed by atoms with Gasteiger partial charge in [0, 0.05) is 54.6 Å². The van der Waals surface area contributed by atoms with Crippen molar-refractivity contribution in [2.24, 2.45) is 0 Å². The van der Waals surface area contributed by atoms with E-state index in [1.807, 2.05) is 26.0 Å². The van der Waals surface area contributed by atoms with Crippen LogP contribution in [0.3, 0.4) is 0 Å². The second kappa shape index (κ2) is 8.60. The summed E-state index contributed by atoms with van der Waals surface area (Å²) in [4.78, 5) is 6.91. The third-order valence-electron chi connectivity index (χ3n) is 6.48. The minimum absolute atomic E-state index is 0.270. The number of anilines is 1. The van der Waals surface area contributed by atoms with Crippen LogP contribution in [-0.4, -0.2) is 42.1 Å². The summed E-state index contributed by atoms with van der Waals surface area (Å²) < 4.78 is 12.2. The standard InChI is InChI=1S/C24H26Cl2N4O2/c1-13-3-4-19(25)20(21(13)26)14(2)32-23-22-17(11-29-24(23)27)18(12-31-22)15-5-7-30(8-6-15)16-9-28-10-16/h3-5,11-12,14,16,28H,6-10H2,1-2H3,(H2,27,29)/t14-/m1/s1. The van der Waals surface area contributed by atoms with Crippen molar-refractivity contribution < 1.29 is 9.15 Å². The molecule has 0 amide bonds. The molecule has 8 heteroatoms. The summed E-state index contributed by atoms with van der Waals surface area (Å²) in [5.41, 5.74) is 10.7. The SMILES string of the molecule is Cc1ccc(Cl)c([C@@H](C)Oc2c(N)ncc3c(C4=CCN(C5CNC5)CC4)coc23)c1Cl. The summed E-state index contributed by atoms with van der Waals surface area (Å²) in [6.45, 7) is 7.97. The lowest BCUT2D eigenvalue weighted by molar-refractivity contribution is 0.160. The molecule has 3 aromatic rings. The van der Waals surface area contributed by atoms with Crippen LogP contribution in [0.15, 0.2) is 35.1 Å². The van der Waals surface area contributed by atoms with E-state index in [9.17, 15) is 0 Å². The lowest BCUT2D eigenvalue weighted by Gasteiger charge is -2.39. The van der Waals surface area contributed by atoms with Crippen LogP contribution in [0.1, 0.15) is 36.1 Å². The highest BCUT2D eigenvalue weighted by Gasteiger charge is 2.27. The number of rotatable bonds is 5. The van der Waals surface area contributed by atoms with Gasteiger partial charge in [0.15, 0.2) is 11.4 Å². The smallest absolute Gasteiger partial charge is 0.205 e. The van der Waals surface area contributed by atoms with E-state index in [4.69, 9.17) is 38.1 Å². The van der Waals surface area contributed by atoms with E-state index in [1.54, 1.807) is 12.5 Å². The summed E-state index contributed by atoms with van der Waals surface area (Å²) in [6.07, 6.45) is 6.37. The first-order chi connectivity index (χ1) is 15.4. The highest BCUT2D eigenvalue weighted by Crippen LogP contribution is 2.41. The quantitative estimate of drug-likeness (QED) is 0.529. The normalized spacial score (nSPS) is 18.4. The molecule has 0 unspecified atom stereocenters. The molecule has 0 aliphatic carbocycles. The van der Waals surface area contributed by atoms with Crippen molar-refractivity contribution in [3.05, 3.63) is 57.4 Å². The molecular formula is C24H26Cl2N4O2. The highest BCUT2D eigenvalue weighted by molar-refractivity contribution is 6.36. The molecule has 1 fully saturated rings. The number of pyridine rings is 1. The van der Waals surface area contributed by atoms with Crippen molar-refractivity contribution in [3.8, 4) is 5.75 Å². The predicted octanol–water partition coefficient (Wildman–Crippen LogP) is 5.23. The largest absolute Gasteiger partial charge is 0.478 e. The second-order valence-corrected chi connectivity index (χ2v) is 9.29. The molecule has 1 saturated heterocycles. The van der Waals surface area contributed by atoms with E-state index in [1.165, 1.54) is 5.57 Å². The van der Waals surface area contributed by atoms with Crippen LogP contribution in [0.2, 0.25) is 10.0 Å². The fraction of sp³-hybridized carbons (Fsp3) is 0.375. The molecule has 1 aromatic carbocycles. The maximum atomic E-state index is 6.52. The van der Waals surface area contributed by atoms with Crippen molar-refractivity contribution >= 4 is 45.6 Å². The van der Waals surface area contributed by atoms with E-state index < -0.39 is 6.10 Å². The second-order valence-electron chi connectivity index (χ2n) is 8.50. The monoisotopic (exact) mass is 472 g/mol. The molecule has 32 heavy (non-hydrogen) atoms. The Kier molecular flexibility index (Phi) is 5.80. The molecule has 2 aromatic heterocycles. The van der Waals surface area contributed by atoms with Crippen LogP contribution in [0, 0.1) is 6.92 Å². The number of hydrogen-bond donors (Lipinski definition) is 2. The van der Waals surface area contributed by atoms with Gasteiger partial charge in [-0.15, -0.1) is 0 Å². The molecule has 0 spiro atoms. The Morgan fingerprint density at radius 1 is 1.31 bits per heavy atom. The molecule has 0 radical (unpaired) electrons. The van der Waals surface area contributed by atoms with Crippen LogP contribution >= 0.6 is 23.2 Å². The molecule has 0 saturated carbocycles. The molecule has 2 aliphatic rings. The molecule has 0 bridgehead atoms. The zero-order chi connectivity index (χ0) is 22.4. The number of nitrogens with one attached hydrogen (secondary N) is 1. The van der Waals surface area contributed by atoms with Crippen LogP contribution < -0.4 is 15.8 Å². The van der Waals surface area contributed by atoms with Gasteiger partial charge < -0.3 is 20.2 Å². The van der Waals surface area contributed by atoms with Crippen LogP contribution in [0.25, 0.3) is 16.5 Å². The molecule has 1 atom stereocenters. The summed E-state index contributed by atoms with van der Waals surface area (Å²) in [7, 11) is 0. The number of aromatic nitrogens is 1. The number of furan rings is 1. The van der Waals surface area contributed by atoms with Crippen molar-refractivity contribution in [3.63, 3.8) is 0 Å². The first-order valence-corrected chi connectivity index (χ1v) is 11.6. The molecule has 4 heterocycles. The third kappa shape index (κ3) is 3.75. The lowest BCUT2D eigenvalue weighted by atomic mass is 9.97. The zero-order valence-electron chi connectivity index (χ0n) is 18.1. The van der Waals surface area contributed by atoms with Crippen LogP contribution in [0.5, 0.6) is 5.75 Å². The molecule has 6 nitrogen and oxygen atoms in total. The van der Waals surface area contributed by atoms with Gasteiger partial charge in [-0.05, 0) is 37.5 Å². The molecule has 168 valence electrons. The fourth-order valence-corrected chi connectivity index (χ4v) is 5.10. The first kappa shape index (κ1) is 21.6. The van der Waals surface area contributed by atoms with Crippen LogP contribution in [0.4, 0.5) is 5.82 Å². The number of nitrogens with two attached hydrogens (primary N) is 1. The summed E-state index contributed by atoms with van der Waals surface area (Å²) in [6, 6.07) is 4.36. The van der Waals surface area contributed by atoms with E-state index in [2.05, 4.69) is 21.3 Å². The summed E-state index contributed by atoms with van der Waals surface area (Å²) in [5, 5.41) is 5.37. The van der Waals surface area contributed by atoms with Crippen molar-refractivity contribution in [1.82, 2.24) is 15.2 Å². The van der Waals surface area contributed by atoms with Crippen molar-refractivity contribution in [1.29, 1.82) is 0 Å². The minimum Gasteiger partial charge on any atom is -0.478 e. The Balaban J connectivity index is 1.45. The fourth-order valence-electron chi connectivity index (χ4n) is 4.42. The minimum atomic E-state index is -0.434. The number of hydrogen-bond acceptors (Lipinski definition) is 6. The Labute approximate surface area is 197 Å². The number of aryl methyl sites for hydroxylation is 1. The number of halogens is 2. The topological polar surface area (TPSA) is 76.6 Å². The number of nitrogens with zero attached hydrogens (tertiary/aromatic N) is 2. The Bertz CT molecular complexity index is 1200. The molecular weight excluding hydrogens is 447 g/mol. The van der Waals surface area contributed by atoms with Gasteiger partial charge in [-0.1, -0.05) is 35.3 Å². The van der Waals surface area contributed by atoms with Gasteiger partial charge in [0.25, 0.3) is 0 Å². The van der Waals surface area contributed by atoms with Gasteiger partial charge >= 0.3 is 0 Å².